The predicted octanol–water partition coefficient (Wildman–Crippen LogP) is 3.93. The molecule has 0 saturated heterocycles. The van der Waals surface area contributed by atoms with E-state index in [0.717, 1.165) is 22.8 Å². The number of nitrogens with one attached hydrogen (secondary N) is 1. The zero-order chi connectivity index (χ0) is 21.6. The fourth-order valence-corrected chi connectivity index (χ4v) is 3.61. The van der Waals surface area contributed by atoms with Crippen LogP contribution in [0.25, 0.3) is 16.9 Å². The van der Waals surface area contributed by atoms with Gasteiger partial charge in [0.2, 0.25) is 11.1 Å². The van der Waals surface area contributed by atoms with Gasteiger partial charge < -0.3 is 14.8 Å². The smallest absolute Gasteiger partial charge is 0.234 e. The minimum absolute atomic E-state index is 0.144. The molecule has 0 aliphatic carbocycles. The van der Waals surface area contributed by atoms with Crippen LogP contribution < -0.4 is 14.8 Å². The van der Waals surface area contributed by atoms with Crippen LogP contribution in [0.3, 0.4) is 0 Å². The van der Waals surface area contributed by atoms with Gasteiger partial charge in [-0.15, -0.1) is 10.2 Å². The second kappa shape index (κ2) is 9.48. The highest BCUT2D eigenvalue weighted by Crippen LogP contribution is 2.24. The number of anilines is 1. The number of carbonyl (C=O) groups is 1. The average Bonchev–Trinajstić information content (AvgIpc) is 3.21. The number of carbonyl (C=O) groups excluding carboxylic acids is 1. The molecule has 158 valence electrons. The number of aromatic nitrogens is 4. The first-order chi connectivity index (χ1) is 15.2. The van der Waals surface area contributed by atoms with Crippen molar-refractivity contribution in [3.63, 3.8) is 0 Å². The predicted molar refractivity (Wildman–Crippen MR) is 120 cm³/mol. The van der Waals surface area contributed by atoms with Gasteiger partial charge in [-0.05, 0) is 55.5 Å². The maximum Gasteiger partial charge on any atom is 0.234 e. The van der Waals surface area contributed by atoms with Gasteiger partial charge in [0, 0.05) is 11.3 Å². The first kappa shape index (κ1) is 20.7. The Kier molecular flexibility index (Phi) is 6.32. The molecule has 2 aromatic carbocycles. The van der Waals surface area contributed by atoms with Gasteiger partial charge in [0.15, 0.2) is 5.65 Å². The highest BCUT2D eigenvalue weighted by molar-refractivity contribution is 7.99. The number of hydrogen-bond acceptors (Lipinski definition) is 7. The van der Waals surface area contributed by atoms with Crippen molar-refractivity contribution in [2.24, 2.45) is 0 Å². The third-order valence-electron chi connectivity index (χ3n) is 4.38. The minimum Gasteiger partial charge on any atom is -0.497 e. The molecule has 0 aliphatic rings. The lowest BCUT2D eigenvalue weighted by molar-refractivity contribution is -0.113. The van der Waals surface area contributed by atoms with Gasteiger partial charge in [-0.3, -0.25) is 4.79 Å². The Morgan fingerprint density at radius 1 is 1.06 bits per heavy atom. The molecule has 4 rings (SSSR count). The molecule has 4 aromatic rings. The highest BCUT2D eigenvalue weighted by atomic mass is 32.2. The summed E-state index contributed by atoms with van der Waals surface area (Å²) in [6.45, 7) is 2.53. The van der Waals surface area contributed by atoms with Crippen molar-refractivity contribution in [2.75, 3.05) is 24.8 Å². The Bertz CT molecular complexity index is 1190. The third kappa shape index (κ3) is 4.95. The quantitative estimate of drug-likeness (QED) is 0.419. The Balaban J connectivity index is 1.45. The molecule has 31 heavy (non-hydrogen) atoms. The number of thioether (sulfide) groups is 1. The normalized spacial score (nSPS) is 10.8. The van der Waals surface area contributed by atoms with Crippen molar-refractivity contribution in [3.05, 3.63) is 60.7 Å². The summed E-state index contributed by atoms with van der Waals surface area (Å²) in [4.78, 5) is 12.4. The van der Waals surface area contributed by atoms with Gasteiger partial charge in [-0.25, -0.2) is 0 Å². The topological polar surface area (TPSA) is 90.6 Å². The second-order valence-electron chi connectivity index (χ2n) is 6.50. The van der Waals surface area contributed by atoms with E-state index in [1.807, 2.05) is 67.6 Å². The summed E-state index contributed by atoms with van der Waals surface area (Å²) in [7, 11) is 1.63. The maximum absolute atomic E-state index is 12.4. The standard InChI is InChI=1S/C22H21N5O3S/c1-3-30-17-9-7-16(8-10-17)23-21(28)14-31-22-25-24-20-12-11-19(26-27(20)22)15-5-4-6-18(13-15)29-2/h4-13H,3,14H2,1-2H3,(H,23,28). The van der Waals surface area contributed by atoms with Gasteiger partial charge in [0.05, 0.1) is 25.2 Å². The summed E-state index contributed by atoms with van der Waals surface area (Å²) in [5.41, 5.74) is 2.99. The summed E-state index contributed by atoms with van der Waals surface area (Å²) in [5, 5.41) is 16.3. The number of rotatable bonds is 8. The van der Waals surface area contributed by atoms with Gasteiger partial charge in [-0.1, -0.05) is 23.9 Å². The zero-order valence-electron chi connectivity index (χ0n) is 17.1. The molecule has 0 spiro atoms. The summed E-state index contributed by atoms with van der Waals surface area (Å²) in [6, 6.07) is 18.6. The fraction of sp³-hybridized carbons (Fsp3) is 0.182. The Labute approximate surface area is 183 Å². The molecule has 8 nitrogen and oxygen atoms in total. The number of fused-ring (bicyclic) bond motifs is 1. The first-order valence-electron chi connectivity index (χ1n) is 9.68. The SMILES string of the molecule is CCOc1ccc(NC(=O)CSc2nnc3ccc(-c4cccc(OC)c4)nn23)cc1. The van der Waals surface area contributed by atoms with Crippen LogP contribution in [0.15, 0.2) is 65.8 Å². The van der Waals surface area contributed by atoms with E-state index in [9.17, 15) is 4.79 Å². The molecular weight excluding hydrogens is 414 g/mol. The molecule has 0 saturated carbocycles. The molecule has 0 fully saturated rings. The highest BCUT2D eigenvalue weighted by Gasteiger charge is 2.12. The van der Waals surface area contributed by atoms with Crippen molar-refractivity contribution in [1.82, 2.24) is 19.8 Å². The van der Waals surface area contributed by atoms with Crippen LogP contribution in [0, 0.1) is 0 Å². The van der Waals surface area contributed by atoms with E-state index in [0.29, 0.717) is 23.1 Å². The Hall–Kier alpha value is -3.59. The zero-order valence-corrected chi connectivity index (χ0v) is 17.9. The van der Waals surface area contributed by atoms with E-state index >= 15 is 0 Å². The van der Waals surface area contributed by atoms with E-state index < -0.39 is 0 Å². The molecule has 1 amide bonds. The van der Waals surface area contributed by atoms with Crippen LogP contribution in [0.1, 0.15) is 6.92 Å². The number of ether oxygens (including phenoxy) is 2. The fourth-order valence-electron chi connectivity index (χ4n) is 2.92. The number of nitrogens with zero attached hydrogens (tertiary/aromatic N) is 4. The van der Waals surface area contributed by atoms with E-state index in [2.05, 4.69) is 20.6 Å². The molecule has 0 radical (unpaired) electrons. The van der Waals surface area contributed by atoms with Crippen molar-refractivity contribution in [1.29, 1.82) is 0 Å². The summed E-state index contributed by atoms with van der Waals surface area (Å²) in [6.07, 6.45) is 0. The number of amides is 1. The molecule has 0 atom stereocenters. The van der Waals surface area contributed by atoms with Crippen LogP contribution in [-0.4, -0.2) is 45.2 Å². The van der Waals surface area contributed by atoms with Crippen LogP contribution in [0.5, 0.6) is 11.5 Å². The van der Waals surface area contributed by atoms with Gasteiger partial charge in [0.25, 0.3) is 0 Å². The van der Waals surface area contributed by atoms with Gasteiger partial charge in [-0.2, -0.15) is 9.61 Å². The molecule has 0 aliphatic heterocycles. The molecule has 1 N–H and O–H groups in total. The molecular formula is C22H21N5O3S. The van der Waals surface area contributed by atoms with Crippen molar-refractivity contribution in [3.8, 4) is 22.8 Å². The lowest BCUT2D eigenvalue weighted by Gasteiger charge is -2.07. The lowest BCUT2D eigenvalue weighted by atomic mass is 10.1. The van der Waals surface area contributed by atoms with E-state index in [1.54, 1.807) is 11.6 Å². The van der Waals surface area contributed by atoms with Crippen LogP contribution in [0.2, 0.25) is 0 Å². The number of hydrogen-bond donors (Lipinski definition) is 1. The largest absolute Gasteiger partial charge is 0.497 e. The van der Waals surface area contributed by atoms with E-state index in [4.69, 9.17) is 9.47 Å². The van der Waals surface area contributed by atoms with E-state index in [1.165, 1.54) is 11.8 Å². The minimum atomic E-state index is -0.144. The van der Waals surface area contributed by atoms with Crippen molar-refractivity contribution in [2.45, 2.75) is 12.1 Å². The van der Waals surface area contributed by atoms with Gasteiger partial charge in [0.1, 0.15) is 11.5 Å². The summed E-state index contributed by atoms with van der Waals surface area (Å²) >= 11 is 1.27. The molecule has 0 bridgehead atoms. The van der Waals surface area contributed by atoms with Crippen molar-refractivity contribution < 1.29 is 14.3 Å². The maximum atomic E-state index is 12.4. The van der Waals surface area contributed by atoms with E-state index in [-0.39, 0.29) is 11.7 Å². The monoisotopic (exact) mass is 435 g/mol. The molecule has 2 heterocycles. The van der Waals surface area contributed by atoms with Gasteiger partial charge >= 0.3 is 0 Å². The van der Waals surface area contributed by atoms with Crippen LogP contribution in [-0.2, 0) is 4.79 Å². The first-order valence-corrected chi connectivity index (χ1v) is 10.7. The van der Waals surface area contributed by atoms with Crippen molar-refractivity contribution >= 4 is 29.0 Å². The number of methoxy groups -OCH3 is 1. The average molecular weight is 436 g/mol. The molecule has 9 heteroatoms. The lowest BCUT2D eigenvalue weighted by Crippen LogP contribution is -2.14. The second-order valence-corrected chi connectivity index (χ2v) is 7.44. The Morgan fingerprint density at radius 2 is 1.90 bits per heavy atom. The number of benzene rings is 2. The van der Waals surface area contributed by atoms with Crippen LogP contribution >= 0.6 is 11.8 Å². The molecule has 2 aromatic heterocycles. The Morgan fingerprint density at radius 3 is 2.68 bits per heavy atom. The third-order valence-corrected chi connectivity index (χ3v) is 5.30. The molecule has 0 unspecified atom stereocenters. The van der Waals surface area contributed by atoms with Crippen LogP contribution in [0.4, 0.5) is 5.69 Å². The summed E-state index contributed by atoms with van der Waals surface area (Å²) < 4.78 is 12.3. The summed E-state index contributed by atoms with van der Waals surface area (Å²) in [5.74, 6) is 1.56.